The van der Waals surface area contributed by atoms with Gasteiger partial charge in [-0.25, -0.2) is 5.43 Å². The van der Waals surface area contributed by atoms with Crippen LogP contribution in [-0.2, 0) is 9.59 Å². The summed E-state index contributed by atoms with van der Waals surface area (Å²) in [5.74, 6) is 0.0648. The molecule has 2 rings (SSSR count). The first-order chi connectivity index (χ1) is 9.60. The van der Waals surface area contributed by atoms with Gasteiger partial charge >= 0.3 is 0 Å². The second kappa shape index (κ2) is 6.83. The van der Waals surface area contributed by atoms with Crippen molar-refractivity contribution >= 4 is 45.8 Å². The Morgan fingerprint density at radius 2 is 2.15 bits per heavy atom. The molecule has 1 atom stereocenters. The molecule has 1 aliphatic rings. The van der Waals surface area contributed by atoms with Crippen molar-refractivity contribution in [2.75, 3.05) is 9.74 Å². The Hall–Kier alpha value is -1.44. The zero-order chi connectivity index (χ0) is 14.5. The molecule has 2 N–H and O–H groups in total. The van der Waals surface area contributed by atoms with Gasteiger partial charge < -0.3 is 5.32 Å². The highest BCUT2D eigenvalue weighted by molar-refractivity contribution is 14.1. The van der Waals surface area contributed by atoms with Crippen molar-refractivity contribution in [1.29, 1.82) is 0 Å². The van der Waals surface area contributed by atoms with E-state index in [1.54, 1.807) is 0 Å². The number of carbonyl (C=O) groups excluding carboxylic acids is 2. The molecule has 1 heterocycles. The molecule has 2 amide bonds. The first-order valence-electron chi connectivity index (χ1n) is 6.43. The van der Waals surface area contributed by atoms with Gasteiger partial charge in [0.15, 0.2) is 0 Å². The van der Waals surface area contributed by atoms with Crippen LogP contribution in [0.4, 0.5) is 5.69 Å². The van der Waals surface area contributed by atoms with Gasteiger partial charge in [-0.2, -0.15) is 5.10 Å². The van der Waals surface area contributed by atoms with Crippen LogP contribution in [-0.4, -0.2) is 22.0 Å². The van der Waals surface area contributed by atoms with E-state index in [0.29, 0.717) is 12.8 Å². The van der Waals surface area contributed by atoms with Crippen LogP contribution < -0.4 is 10.7 Å². The lowest BCUT2D eigenvalue weighted by Crippen LogP contribution is -2.31. The van der Waals surface area contributed by atoms with E-state index in [1.807, 2.05) is 31.2 Å². The van der Waals surface area contributed by atoms with Gasteiger partial charge in [0.2, 0.25) is 11.8 Å². The highest BCUT2D eigenvalue weighted by atomic mass is 127. The summed E-state index contributed by atoms with van der Waals surface area (Å²) in [6.07, 6.45) is 0.963. The SMILES string of the molecule is CC1CC(=O)NN=C1c1ccc(NC(=O)CCI)cc1. The van der Waals surface area contributed by atoms with E-state index in [1.165, 1.54) is 0 Å². The Morgan fingerprint density at radius 1 is 1.45 bits per heavy atom. The Bertz CT molecular complexity index is 540. The van der Waals surface area contributed by atoms with Gasteiger partial charge in [0, 0.05) is 28.9 Å². The van der Waals surface area contributed by atoms with Gasteiger partial charge in [0.05, 0.1) is 5.71 Å². The van der Waals surface area contributed by atoms with Crippen molar-refractivity contribution in [2.45, 2.75) is 19.8 Å². The number of hydrogen-bond donors (Lipinski definition) is 2. The van der Waals surface area contributed by atoms with Gasteiger partial charge in [-0.3, -0.25) is 9.59 Å². The molecule has 0 spiro atoms. The molecule has 1 aliphatic heterocycles. The van der Waals surface area contributed by atoms with Crippen LogP contribution in [0.25, 0.3) is 0 Å². The molecule has 0 aliphatic carbocycles. The van der Waals surface area contributed by atoms with E-state index < -0.39 is 0 Å². The first kappa shape index (κ1) is 15.0. The lowest BCUT2D eigenvalue weighted by atomic mass is 9.94. The predicted molar refractivity (Wildman–Crippen MR) is 87.0 cm³/mol. The number of carbonyl (C=O) groups is 2. The minimum atomic E-state index is -0.0519. The largest absolute Gasteiger partial charge is 0.326 e. The fourth-order valence-electron chi connectivity index (χ4n) is 2.04. The van der Waals surface area contributed by atoms with Crippen molar-refractivity contribution < 1.29 is 9.59 Å². The number of rotatable bonds is 4. The Balaban J connectivity index is 2.08. The van der Waals surface area contributed by atoms with E-state index >= 15 is 0 Å². The lowest BCUT2D eigenvalue weighted by Gasteiger charge is -2.19. The van der Waals surface area contributed by atoms with Crippen molar-refractivity contribution in [3.05, 3.63) is 29.8 Å². The van der Waals surface area contributed by atoms with Crippen molar-refractivity contribution in [1.82, 2.24) is 5.43 Å². The second-order valence-corrected chi connectivity index (χ2v) is 5.78. The number of amides is 2. The second-order valence-electron chi connectivity index (χ2n) is 4.70. The van der Waals surface area contributed by atoms with Crippen LogP contribution in [0.2, 0.25) is 0 Å². The van der Waals surface area contributed by atoms with Gasteiger partial charge in [-0.05, 0) is 17.7 Å². The molecule has 0 aromatic heterocycles. The molecule has 106 valence electrons. The molecule has 1 aromatic rings. The molecular weight excluding hydrogens is 369 g/mol. The van der Waals surface area contributed by atoms with E-state index in [0.717, 1.165) is 21.4 Å². The number of benzene rings is 1. The summed E-state index contributed by atoms with van der Waals surface area (Å²) in [6.45, 7) is 1.98. The van der Waals surface area contributed by atoms with Gasteiger partial charge in [-0.1, -0.05) is 41.6 Å². The van der Waals surface area contributed by atoms with Gasteiger partial charge in [-0.15, -0.1) is 0 Å². The summed E-state index contributed by atoms with van der Waals surface area (Å²) in [6, 6.07) is 7.52. The van der Waals surface area contributed by atoms with Crippen LogP contribution in [0, 0.1) is 5.92 Å². The summed E-state index contributed by atoms with van der Waals surface area (Å²) in [5.41, 5.74) is 5.11. The maximum atomic E-state index is 11.5. The highest BCUT2D eigenvalue weighted by Crippen LogP contribution is 2.18. The molecule has 0 saturated carbocycles. The summed E-state index contributed by atoms with van der Waals surface area (Å²) in [4.78, 5) is 22.7. The fraction of sp³-hybridized carbons (Fsp3) is 0.357. The standard InChI is InChI=1S/C14H16IN3O2/c1-9-8-13(20)17-18-14(9)10-2-4-11(5-3-10)16-12(19)6-7-15/h2-5,9H,6-8H2,1H3,(H,16,19)(H,17,20). The molecule has 0 radical (unpaired) electrons. The molecule has 1 aromatic carbocycles. The average molecular weight is 385 g/mol. The van der Waals surface area contributed by atoms with Crippen molar-refractivity contribution in [3.8, 4) is 0 Å². The molecule has 0 saturated heterocycles. The van der Waals surface area contributed by atoms with Crippen LogP contribution in [0.5, 0.6) is 0 Å². The average Bonchev–Trinajstić information content (AvgIpc) is 2.40. The van der Waals surface area contributed by atoms with E-state index in [4.69, 9.17) is 0 Å². The van der Waals surface area contributed by atoms with E-state index in [2.05, 4.69) is 38.4 Å². The minimum absolute atomic E-state index is 0.0165. The minimum Gasteiger partial charge on any atom is -0.326 e. The number of nitrogens with zero attached hydrogens (tertiary/aromatic N) is 1. The summed E-state index contributed by atoms with van der Waals surface area (Å²) >= 11 is 2.17. The monoisotopic (exact) mass is 385 g/mol. The van der Waals surface area contributed by atoms with Crippen LogP contribution in [0.15, 0.2) is 29.4 Å². The predicted octanol–water partition coefficient (Wildman–Crippen LogP) is 2.31. The molecular formula is C14H16IN3O2. The molecule has 1 unspecified atom stereocenters. The Morgan fingerprint density at radius 3 is 2.75 bits per heavy atom. The van der Waals surface area contributed by atoms with Crippen molar-refractivity contribution in [2.24, 2.45) is 11.0 Å². The zero-order valence-electron chi connectivity index (χ0n) is 11.1. The highest BCUT2D eigenvalue weighted by Gasteiger charge is 2.21. The number of hydrogen-bond acceptors (Lipinski definition) is 3. The van der Waals surface area contributed by atoms with Crippen molar-refractivity contribution in [3.63, 3.8) is 0 Å². The smallest absolute Gasteiger partial charge is 0.240 e. The molecule has 0 bridgehead atoms. The fourth-order valence-corrected chi connectivity index (χ4v) is 2.53. The van der Waals surface area contributed by atoms with Gasteiger partial charge in [0.1, 0.15) is 0 Å². The Kier molecular flexibility index (Phi) is 5.11. The number of halogens is 1. The zero-order valence-corrected chi connectivity index (χ0v) is 13.3. The summed E-state index contributed by atoms with van der Waals surface area (Å²) in [5, 5.41) is 6.95. The topological polar surface area (TPSA) is 70.6 Å². The maximum Gasteiger partial charge on any atom is 0.240 e. The maximum absolute atomic E-state index is 11.5. The van der Waals surface area contributed by atoms with Crippen LogP contribution in [0.3, 0.4) is 0 Å². The molecule has 20 heavy (non-hydrogen) atoms. The van der Waals surface area contributed by atoms with Gasteiger partial charge in [0.25, 0.3) is 0 Å². The van der Waals surface area contributed by atoms with Crippen LogP contribution in [0.1, 0.15) is 25.3 Å². The lowest BCUT2D eigenvalue weighted by molar-refractivity contribution is -0.122. The van der Waals surface area contributed by atoms with E-state index in [-0.39, 0.29) is 17.7 Å². The summed E-state index contributed by atoms with van der Waals surface area (Å²) < 4.78 is 0.801. The number of alkyl halides is 1. The third kappa shape index (κ3) is 3.78. The third-order valence-electron chi connectivity index (χ3n) is 3.05. The number of hydrazone groups is 1. The van der Waals surface area contributed by atoms with E-state index in [9.17, 15) is 9.59 Å². The normalized spacial score (nSPS) is 18.2. The summed E-state index contributed by atoms with van der Waals surface area (Å²) in [7, 11) is 0. The molecule has 5 nitrogen and oxygen atoms in total. The molecule has 6 heteroatoms. The van der Waals surface area contributed by atoms with Crippen LogP contribution >= 0.6 is 22.6 Å². The number of anilines is 1. The quantitative estimate of drug-likeness (QED) is 0.617. The number of nitrogens with one attached hydrogen (secondary N) is 2. The first-order valence-corrected chi connectivity index (χ1v) is 7.95. The third-order valence-corrected chi connectivity index (χ3v) is 3.58. The Labute approximate surface area is 131 Å². The molecule has 0 fully saturated rings.